The van der Waals surface area contributed by atoms with Crippen molar-refractivity contribution in [3.05, 3.63) is 23.8 Å². The molecule has 1 aromatic rings. The lowest BCUT2D eigenvalue weighted by atomic mass is 10.1. The van der Waals surface area contributed by atoms with Crippen LogP contribution in [-0.4, -0.2) is 49.7 Å². The highest BCUT2D eigenvalue weighted by Gasteiger charge is 2.15. The van der Waals surface area contributed by atoms with E-state index in [1.807, 2.05) is 27.7 Å². The van der Waals surface area contributed by atoms with Gasteiger partial charge in [-0.25, -0.2) is 0 Å². The third kappa shape index (κ3) is 8.33. The number of nitrogens with zero attached hydrogens (tertiary/aromatic N) is 1. The van der Waals surface area contributed by atoms with E-state index < -0.39 is 0 Å². The molecule has 152 valence electrons. The molecule has 6 nitrogen and oxygen atoms in total. The highest BCUT2D eigenvalue weighted by Crippen LogP contribution is 2.29. The molecule has 0 N–H and O–H groups in total. The van der Waals surface area contributed by atoms with Crippen LogP contribution in [0.25, 0.3) is 0 Å². The minimum absolute atomic E-state index is 0.0335. The van der Waals surface area contributed by atoms with Crippen molar-refractivity contribution in [3.8, 4) is 11.5 Å². The SMILES string of the molecule is CCCOC(=O)Cc1ccc(OCC(=O)N(CC)CCC)c(OCCC)c1. The van der Waals surface area contributed by atoms with Gasteiger partial charge in [0.1, 0.15) is 0 Å². The highest BCUT2D eigenvalue weighted by atomic mass is 16.5. The van der Waals surface area contributed by atoms with Gasteiger partial charge in [0.2, 0.25) is 0 Å². The number of likely N-dealkylation sites (N-methyl/N-ethyl adjacent to an activating group) is 1. The standard InChI is InChI=1S/C21H33NO5/c1-5-11-22(8-4)20(23)16-27-18-10-9-17(14-19(18)25-12-6-2)15-21(24)26-13-7-3/h9-10,14H,5-8,11-13,15-16H2,1-4H3. The zero-order chi connectivity index (χ0) is 20.1. The van der Waals surface area contributed by atoms with Gasteiger partial charge in [0.15, 0.2) is 18.1 Å². The molecule has 0 aliphatic rings. The van der Waals surface area contributed by atoms with E-state index in [0.717, 1.165) is 31.4 Å². The van der Waals surface area contributed by atoms with E-state index in [9.17, 15) is 9.59 Å². The predicted octanol–water partition coefficient (Wildman–Crippen LogP) is 3.61. The van der Waals surface area contributed by atoms with Crippen molar-refractivity contribution >= 4 is 11.9 Å². The Bertz CT molecular complexity index is 588. The molecule has 0 bridgehead atoms. The first-order chi connectivity index (χ1) is 13.0. The van der Waals surface area contributed by atoms with Crippen molar-refractivity contribution in [2.24, 2.45) is 0 Å². The summed E-state index contributed by atoms with van der Waals surface area (Å²) in [5.41, 5.74) is 0.794. The summed E-state index contributed by atoms with van der Waals surface area (Å²) >= 11 is 0. The van der Waals surface area contributed by atoms with Crippen LogP contribution >= 0.6 is 0 Å². The molecule has 27 heavy (non-hydrogen) atoms. The lowest BCUT2D eigenvalue weighted by Crippen LogP contribution is -2.35. The Morgan fingerprint density at radius 2 is 1.67 bits per heavy atom. The van der Waals surface area contributed by atoms with Crippen LogP contribution in [0.5, 0.6) is 11.5 Å². The average Bonchev–Trinajstić information content (AvgIpc) is 2.67. The maximum absolute atomic E-state index is 12.3. The van der Waals surface area contributed by atoms with Crippen molar-refractivity contribution in [2.45, 2.75) is 53.4 Å². The van der Waals surface area contributed by atoms with E-state index >= 15 is 0 Å². The average molecular weight is 379 g/mol. The van der Waals surface area contributed by atoms with E-state index in [0.29, 0.717) is 31.3 Å². The number of carbonyl (C=O) groups is 2. The molecule has 0 unspecified atom stereocenters. The molecule has 0 radical (unpaired) electrons. The molecule has 0 aromatic heterocycles. The van der Waals surface area contributed by atoms with Crippen LogP contribution in [0.15, 0.2) is 18.2 Å². The Labute approximate surface area is 162 Å². The molecule has 0 aliphatic carbocycles. The van der Waals surface area contributed by atoms with E-state index in [2.05, 4.69) is 0 Å². The predicted molar refractivity (Wildman–Crippen MR) is 105 cm³/mol. The second-order valence-corrected chi connectivity index (χ2v) is 6.29. The third-order valence-corrected chi connectivity index (χ3v) is 3.86. The summed E-state index contributed by atoms with van der Waals surface area (Å²) < 4.78 is 16.6. The molecule has 1 aromatic carbocycles. The van der Waals surface area contributed by atoms with E-state index in [-0.39, 0.29) is 24.9 Å². The Kier molecular flexibility index (Phi) is 11.0. The summed E-state index contributed by atoms with van der Waals surface area (Å²) in [6.07, 6.45) is 2.74. The second kappa shape index (κ2) is 13.0. The van der Waals surface area contributed by atoms with Crippen LogP contribution in [0.2, 0.25) is 0 Å². The molecule has 0 fully saturated rings. The number of amides is 1. The van der Waals surface area contributed by atoms with Crippen LogP contribution in [0.4, 0.5) is 0 Å². The lowest BCUT2D eigenvalue weighted by molar-refractivity contribution is -0.142. The molecule has 1 rings (SSSR count). The molecule has 0 saturated heterocycles. The maximum atomic E-state index is 12.3. The monoisotopic (exact) mass is 379 g/mol. The van der Waals surface area contributed by atoms with Crippen molar-refractivity contribution < 1.29 is 23.8 Å². The van der Waals surface area contributed by atoms with Gasteiger partial charge < -0.3 is 19.1 Å². The first-order valence-corrected chi connectivity index (χ1v) is 9.87. The van der Waals surface area contributed by atoms with Gasteiger partial charge in [0.25, 0.3) is 5.91 Å². The van der Waals surface area contributed by atoms with Crippen molar-refractivity contribution in [3.63, 3.8) is 0 Å². The normalized spacial score (nSPS) is 10.4. The van der Waals surface area contributed by atoms with Gasteiger partial charge in [-0.2, -0.15) is 0 Å². The zero-order valence-electron chi connectivity index (χ0n) is 17.1. The summed E-state index contributed by atoms with van der Waals surface area (Å²) in [4.78, 5) is 25.9. The number of rotatable bonds is 13. The molecule has 0 atom stereocenters. The van der Waals surface area contributed by atoms with Gasteiger partial charge in [0, 0.05) is 13.1 Å². The van der Waals surface area contributed by atoms with Crippen LogP contribution in [0, 0.1) is 0 Å². The number of esters is 1. The van der Waals surface area contributed by atoms with Crippen LogP contribution in [-0.2, 0) is 20.7 Å². The quantitative estimate of drug-likeness (QED) is 0.490. The van der Waals surface area contributed by atoms with Crippen molar-refractivity contribution in [2.75, 3.05) is 32.9 Å². The lowest BCUT2D eigenvalue weighted by Gasteiger charge is -2.20. The minimum Gasteiger partial charge on any atom is -0.490 e. The van der Waals surface area contributed by atoms with Crippen molar-refractivity contribution in [1.82, 2.24) is 4.90 Å². The molecule has 0 saturated carbocycles. The number of ether oxygens (including phenoxy) is 3. The third-order valence-electron chi connectivity index (χ3n) is 3.86. The molecule has 6 heteroatoms. The van der Waals surface area contributed by atoms with Crippen LogP contribution in [0.3, 0.4) is 0 Å². The van der Waals surface area contributed by atoms with Gasteiger partial charge in [-0.15, -0.1) is 0 Å². The number of carbonyl (C=O) groups excluding carboxylic acids is 2. The fourth-order valence-electron chi connectivity index (χ4n) is 2.50. The van der Waals surface area contributed by atoms with Gasteiger partial charge in [-0.05, 0) is 43.9 Å². The molecule has 0 aliphatic heterocycles. The smallest absolute Gasteiger partial charge is 0.310 e. The summed E-state index contributed by atoms with van der Waals surface area (Å²) in [6.45, 7) is 10.3. The molecule has 0 heterocycles. The molecule has 0 spiro atoms. The fraction of sp³-hybridized carbons (Fsp3) is 0.619. The molecule has 1 amide bonds. The molecular weight excluding hydrogens is 346 g/mol. The first-order valence-electron chi connectivity index (χ1n) is 9.87. The number of hydrogen-bond donors (Lipinski definition) is 0. The Morgan fingerprint density at radius 3 is 2.30 bits per heavy atom. The summed E-state index contributed by atoms with van der Waals surface area (Å²) in [5.74, 6) is 0.743. The van der Waals surface area contributed by atoms with Crippen LogP contribution < -0.4 is 9.47 Å². The summed E-state index contributed by atoms with van der Waals surface area (Å²) in [5, 5.41) is 0. The maximum Gasteiger partial charge on any atom is 0.310 e. The fourth-order valence-corrected chi connectivity index (χ4v) is 2.50. The Balaban J connectivity index is 2.79. The topological polar surface area (TPSA) is 65.1 Å². The van der Waals surface area contributed by atoms with E-state index in [4.69, 9.17) is 14.2 Å². The van der Waals surface area contributed by atoms with Gasteiger partial charge >= 0.3 is 5.97 Å². The Hall–Kier alpha value is -2.24. The minimum atomic E-state index is -0.264. The number of hydrogen-bond acceptors (Lipinski definition) is 5. The van der Waals surface area contributed by atoms with Gasteiger partial charge in [-0.3, -0.25) is 9.59 Å². The van der Waals surface area contributed by atoms with Gasteiger partial charge in [-0.1, -0.05) is 26.8 Å². The van der Waals surface area contributed by atoms with E-state index in [1.54, 1.807) is 23.1 Å². The highest BCUT2D eigenvalue weighted by molar-refractivity contribution is 5.78. The first kappa shape index (κ1) is 22.8. The second-order valence-electron chi connectivity index (χ2n) is 6.29. The zero-order valence-corrected chi connectivity index (χ0v) is 17.1. The molecular formula is C21H33NO5. The summed E-state index contributed by atoms with van der Waals surface area (Å²) in [6, 6.07) is 5.33. The largest absolute Gasteiger partial charge is 0.490 e. The van der Waals surface area contributed by atoms with Crippen LogP contribution in [0.1, 0.15) is 52.5 Å². The summed E-state index contributed by atoms with van der Waals surface area (Å²) in [7, 11) is 0. The van der Waals surface area contributed by atoms with E-state index in [1.165, 1.54) is 0 Å². The van der Waals surface area contributed by atoms with Gasteiger partial charge in [0.05, 0.1) is 19.6 Å². The number of benzene rings is 1. The van der Waals surface area contributed by atoms with Crippen molar-refractivity contribution in [1.29, 1.82) is 0 Å². The Morgan fingerprint density at radius 1 is 0.926 bits per heavy atom.